The second-order valence-electron chi connectivity index (χ2n) is 6.14. The number of hydrogen-bond donors (Lipinski definition) is 2. The molecule has 21 heavy (non-hydrogen) atoms. The number of aromatic nitrogens is 1. The van der Waals surface area contributed by atoms with E-state index in [0.717, 1.165) is 47.6 Å². The molecule has 4 heteroatoms. The van der Waals surface area contributed by atoms with Gasteiger partial charge < -0.3 is 10.6 Å². The summed E-state index contributed by atoms with van der Waals surface area (Å²) in [6.07, 6.45) is 2.32. The molecule has 2 atom stereocenters. The highest BCUT2D eigenvalue weighted by Crippen LogP contribution is 2.30. The lowest BCUT2D eigenvalue weighted by molar-refractivity contribution is 0.376. The Kier molecular flexibility index (Phi) is 3.53. The van der Waals surface area contributed by atoms with Crippen LogP contribution in [0.1, 0.15) is 32.3 Å². The molecule has 1 aromatic carbocycles. The first-order valence-corrected chi connectivity index (χ1v) is 7.57. The van der Waals surface area contributed by atoms with Crippen molar-refractivity contribution >= 4 is 22.6 Å². The van der Waals surface area contributed by atoms with Crippen LogP contribution in [0.2, 0.25) is 0 Å². The molecule has 2 heterocycles. The first-order chi connectivity index (χ1) is 10.1. The normalized spacial score (nSPS) is 22.5. The summed E-state index contributed by atoms with van der Waals surface area (Å²) in [6, 6.07) is 10.4. The number of fused-ring (bicyclic) bond motifs is 1. The fourth-order valence-electron chi connectivity index (χ4n) is 3.24. The maximum atomic E-state index is 7.89. The number of nitrogens with one attached hydrogen (secondary N) is 1. The zero-order valence-electron chi connectivity index (χ0n) is 12.6. The summed E-state index contributed by atoms with van der Waals surface area (Å²) in [7, 11) is 0. The van der Waals surface area contributed by atoms with Crippen molar-refractivity contribution in [2.75, 3.05) is 11.4 Å². The van der Waals surface area contributed by atoms with Crippen molar-refractivity contribution in [2.45, 2.75) is 32.7 Å². The molecule has 2 unspecified atom stereocenters. The van der Waals surface area contributed by atoms with E-state index in [1.54, 1.807) is 0 Å². The molecule has 0 amide bonds. The predicted molar refractivity (Wildman–Crippen MR) is 88.0 cm³/mol. The van der Waals surface area contributed by atoms with E-state index in [0.29, 0.717) is 6.04 Å². The van der Waals surface area contributed by atoms with Crippen LogP contribution in [-0.4, -0.2) is 23.4 Å². The van der Waals surface area contributed by atoms with Crippen LogP contribution in [0.3, 0.4) is 0 Å². The molecular formula is C17H22N4. The number of pyridine rings is 1. The van der Waals surface area contributed by atoms with Crippen LogP contribution in [0.15, 0.2) is 30.3 Å². The third kappa shape index (κ3) is 2.58. The quantitative estimate of drug-likeness (QED) is 0.657. The van der Waals surface area contributed by atoms with Gasteiger partial charge in [-0.2, -0.15) is 0 Å². The minimum Gasteiger partial charge on any atom is -0.384 e. The van der Waals surface area contributed by atoms with Gasteiger partial charge in [-0.05, 0) is 37.8 Å². The molecule has 0 saturated carbocycles. The second-order valence-corrected chi connectivity index (χ2v) is 6.14. The van der Waals surface area contributed by atoms with Crippen LogP contribution in [0, 0.1) is 11.3 Å². The third-order valence-corrected chi connectivity index (χ3v) is 4.40. The van der Waals surface area contributed by atoms with Crippen molar-refractivity contribution in [3.8, 4) is 0 Å². The Hall–Kier alpha value is -2.10. The minimum absolute atomic E-state index is 0.0917. The molecule has 0 bridgehead atoms. The van der Waals surface area contributed by atoms with Gasteiger partial charge in [-0.25, -0.2) is 4.98 Å². The number of amidine groups is 1. The van der Waals surface area contributed by atoms with E-state index in [4.69, 9.17) is 16.1 Å². The third-order valence-electron chi connectivity index (χ3n) is 4.40. The van der Waals surface area contributed by atoms with Gasteiger partial charge in [0, 0.05) is 18.0 Å². The average Bonchev–Trinajstić information content (AvgIpc) is 2.46. The maximum Gasteiger partial charge on any atom is 0.140 e. The van der Waals surface area contributed by atoms with Gasteiger partial charge in [-0.15, -0.1) is 0 Å². The summed E-state index contributed by atoms with van der Waals surface area (Å²) in [5, 5.41) is 8.92. The Bertz CT molecular complexity index is 680. The molecule has 2 aromatic rings. The number of nitrogen functional groups attached to an aromatic ring is 1. The van der Waals surface area contributed by atoms with Crippen LogP contribution >= 0.6 is 0 Å². The van der Waals surface area contributed by atoms with Gasteiger partial charge in [0.1, 0.15) is 11.7 Å². The largest absolute Gasteiger partial charge is 0.384 e. The van der Waals surface area contributed by atoms with Gasteiger partial charge in [0.05, 0.1) is 11.1 Å². The van der Waals surface area contributed by atoms with Crippen LogP contribution in [0.25, 0.3) is 10.9 Å². The highest BCUT2D eigenvalue weighted by Gasteiger charge is 2.26. The number of nitrogens with zero attached hydrogens (tertiary/aromatic N) is 2. The van der Waals surface area contributed by atoms with E-state index in [-0.39, 0.29) is 5.84 Å². The molecule has 1 aromatic heterocycles. The highest BCUT2D eigenvalue weighted by atomic mass is 15.2. The number of hydrogen-bond acceptors (Lipinski definition) is 3. The molecule has 1 saturated heterocycles. The summed E-state index contributed by atoms with van der Waals surface area (Å²) in [4.78, 5) is 7.11. The molecule has 3 rings (SSSR count). The smallest absolute Gasteiger partial charge is 0.140 e. The van der Waals surface area contributed by atoms with E-state index >= 15 is 0 Å². The predicted octanol–water partition coefficient (Wildman–Crippen LogP) is 3.14. The van der Waals surface area contributed by atoms with E-state index < -0.39 is 0 Å². The van der Waals surface area contributed by atoms with Gasteiger partial charge in [0.15, 0.2) is 0 Å². The molecule has 4 nitrogen and oxygen atoms in total. The van der Waals surface area contributed by atoms with Gasteiger partial charge in [0.25, 0.3) is 0 Å². The molecule has 1 aliphatic heterocycles. The summed E-state index contributed by atoms with van der Waals surface area (Å²) in [5.41, 5.74) is 7.51. The zero-order valence-corrected chi connectivity index (χ0v) is 12.6. The summed E-state index contributed by atoms with van der Waals surface area (Å²) < 4.78 is 0. The van der Waals surface area contributed by atoms with Crippen LogP contribution in [-0.2, 0) is 0 Å². The fourth-order valence-corrected chi connectivity index (χ4v) is 3.24. The Morgan fingerprint density at radius 1 is 1.33 bits per heavy atom. The number of benzene rings is 1. The SMILES string of the molecule is CC1CCN(c2nc3ccccc3cc2C(=N)N)C(C)C1. The lowest BCUT2D eigenvalue weighted by Gasteiger charge is -2.38. The van der Waals surface area contributed by atoms with E-state index in [1.165, 1.54) is 0 Å². The Balaban J connectivity index is 2.11. The molecular weight excluding hydrogens is 260 g/mol. The topological polar surface area (TPSA) is 66.0 Å². The van der Waals surface area contributed by atoms with Crippen LogP contribution in [0.4, 0.5) is 5.82 Å². The average molecular weight is 282 g/mol. The molecule has 0 aliphatic carbocycles. The Morgan fingerprint density at radius 2 is 2.10 bits per heavy atom. The van der Waals surface area contributed by atoms with E-state index in [2.05, 4.69) is 18.7 Å². The maximum absolute atomic E-state index is 7.89. The van der Waals surface area contributed by atoms with Crippen molar-refractivity contribution in [2.24, 2.45) is 11.7 Å². The number of anilines is 1. The van der Waals surface area contributed by atoms with Gasteiger partial charge >= 0.3 is 0 Å². The fraction of sp³-hybridized carbons (Fsp3) is 0.412. The summed E-state index contributed by atoms with van der Waals surface area (Å²) in [6.45, 7) is 5.51. The van der Waals surface area contributed by atoms with Crippen molar-refractivity contribution in [3.63, 3.8) is 0 Å². The minimum atomic E-state index is 0.0917. The van der Waals surface area contributed by atoms with Crippen LogP contribution < -0.4 is 10.6 Å². The lowest BCUT2D eigenvalue weighted by atomic mass is 9.93. The number of piperidine rings is 1. The monoisotopic (exact) mass is 282 g/mol. The Labute approximate surface area is 125 Å². The lowest BCUT2D eigenvalue weighted by Crippen LogP contribution is -2.41. The molecule has 3 N–H and O–H groups in total. The van der Waals surface area contributed by atoms with Crippen LogP contribution in [0.5, 0.6) is 0 Å². The van der Waals surface area contributed by atoms with Gasteiger partial charge in [-0.3, -0.25) is 5.41 Å². The zero-order chi connectivity index (χ0) is 15.0. The number of nitrogens with two attached hydrogens (primary N) is 1. The first kappa shape index (κ1) is 13.9. The Morgan fingerprint density at radius 3 is 2.81 bits per heavy atom. The van der Waals surface area contributed by atoms with Crippen molar-refractivity contribution in [1.29, 1.82) is 5.41 Å². The number of para-hydroxylation sites is 1. The molecule has 0 radical (unpaired) electrons. The van der Waals surface area contributed by atoms with Crippen molar-refractivity contribution in [1.82, 2.24) is 4.98 Å². The first-order valence-electron chi connectivity index (χ1n) is 7.57. The summed E-state index contributed by atoms with van der Waals surface area (Å²) in [5.74, 6) is 1.70. The van der Waals surface area contributed by atoms with Crippen molar-refractivity contribution < 1.29 is 0 Å². The highest BCUT2D eigenvalue weighted by molar-refractivity contribution is 6.03. The van der Waals surface area contributed by atoms with Gasteiger partial charge in [-0.1, -0.05) is 25.1 Å². The molecule has 110 valence electrons. The standard InChI is InChI=1S/C17H22N4/c1-11-7-8-21(12(2)9-11)17-14(16(18)19)10-13-5-3-4-6-15(13)20-17/h3-6,10-12H,7-9H2,1-2H3,(H3,18,19). The van der Waals surface area contributed by atoms with Gasteiger partial charge in [0.2, 0.25) is 0 Å². The second kappa shape index (κ2) is 5.35. The summed E-state index contributed by atoms with van der Waals surface area (Å²) >= 11 is 0. The van der Waals surface area contributed by atoms with E-state index in [9.17, 15) is 0 Å². The number of rotatable bonds is 2. The molecule has 1 fully saturated rings. The van der Waals surface area contributed by atoms with Crippen molar-refractivity contribution in [3.05, 3.63) is 35.9 Å². The molecule has 1 aliphatic rings. The molecule has 0 spiro atoms. The van der Waals surface area contributed by atoms with E-state index in [1.807, 2.05) is 30.3 Å².